The molecule has 0 aliphatic rings. The van der Waals surface area contributed by atoms with E-state index in [0.29, 0.717) is 0 Å². The van der Waals surface area contributed by atoms with Gasteiger partial charge in [0.15, 0.2) is 0 Å². The quantitative estimate of drug-likeness (QED) is 0.781. The third-order valence-corrected chi connectivity index (χ3v) is 4.12. The van der Waals surface area contributed by atoms with Gasteiger partial charge in [-0.05, 0) is 26.0 Å². The van der Waals surface area contributed by atoms with Gasteiger partial charge >= 0.3 is 0 Å². The van der Waals surface area contributed by atoms with E-state index >= 15 is 0 Å². The van der Waals surface area contributed by atoms with Crippen molar-refractivity contribution in [3.63, 3.8) is 0 Å². The zero-order chi connectivity index (χ0) is 10.3. The summed E-state index contributed by atoms with van der Waals surface area (Å²) in [6, 6.07) is 3.43. The van der Waals surface area contributed by atoms with Gasteiger partial charge in [-0.1, -0.05) is 0 Å². The van der Waals surface area contributed by atoms with Gasteiger partial charge in [0, 0.05) is 9.75 Å². The highest BCUT2D eigenvalue weighted by Gasteiger charge is 2.14. The van der Waals surface area contributed by atoms with E-state index in [0.717, 1.165) is 19.5 Å². The molecule has 0 aromatic carbocycles. The van der Waals surface area contributed by atoms with Gasteiger partial charge in [-0.2, -0.15) is 0 Å². The van der Waals surface area contributed by atoms with Crippen LogP contribution in [-0.2, 0) is 0 Å². The van der Waals surface area contributed by atoms with Crippen LogP contribution in [0.5, 0.6) is 11.5 Å². The fraction of sp³-hybridized carbons (Fsp3) is 0.200. The first kappa shape index (κ1) is 9.55. The third-order valence-electron chi connectivity index (χ3n) is 1.88. The molecular formula is C10H10O2S2. The van der Waals surface area contributed by atoms with Crippen LogP contribution in [0.2, 0.25) is 0 Å². The maximum Gasteiger partial charge on any atom is 0.135 e. The summed E-state index contributed by atoms with van der Waals surface area (Å²) in [5.41, 5.74) is 0. The summed E-state index contributed by atoms with van der Waals surface area (Å²) in [5, 5.41) is 19.2. The lowest BCUT2D eigenvalue weighted by Gasteiger charge is -1.94. The summed E-state index contributed by atoms with van der Waals surface area (Å²) >= 11 is 2.99. The van der Waals surface area contributed by atoms with Crippen molar-refractivity contribution in [2.45, 2.75) is 13.8 Å². The zero-order valence-corrected chi connectivity index (χ0v) is 9.50. The van der Waals surface area contributed by atoms with Crippen LogP contribution < -0.4 is 0 Å². The lowest BCUT2D eigenvalue weighted by atomic mass is 10.3. The highest BCUT2D eigenvalue weighted by molar-refractivity contribution is 7.22. The average molecular weight is 226 g/mol. The molecule has 0 aliphatic heterocycles. The Morgan fingerprint density at radius 2 is 1.21 bits per heavy atom. The van der Waals surface area contributed by atoms with Gasteiger partial charge < -0.3 is 10.2 Å². The summed E-state index contributed by atoms with van der Waals surface area (Å²) in [7, 11) is 0. The van der Waals surface area contributed by atoms with Gasteiger partial charge in [-0.3, -0.25) is 0 Å². The van der Waals surface area contributed by atoms with E-state index in [1.165, 1.54) is 22.7 Å². The van der Waals surface area contributed by atoms with Gasteiger partial charge in [0.2, 0.25) is 0 Å². The van der Waals surface area contributed by atoms with Crippen molar-refractivity contribution >= 4 is 22.7 Å². The van der Waals surface area contributed by atoms with Crippen molar-refractivity contribution < 1.29 is 10.2 Å². The predicted octanol–water partition coefficient (Wildman–Crippen LogP) is 3.50. The molecule has 0 saturated carbocycles. The molecule has 0 fully saturated rings. The Bertz CT molecular complexity index is 424. The van der Waals surface area contributed by atoms with Crippen LogP contribution in [0.4, 0.5) is 0 Å². The first-order chi connectivity index (χ1) is 6.58. The Labute approximate surface area is 90.1 Å². The molecular weight excluding hydrogens is 216 g/mol. The molecule has 0 spiro atoms. The van der Waals surface area contributed by atoms with Crippen LogP contribution in [0.25, 0.3) is 9.75 Å². The molecule has 2 N–H and O–H groups in total. The van der Waals surface area contributed by atoms with Crippen molar-refractivity contribution in [1.29, 1.82) is 0 Å². The van der Waals surface area contributed by atoms with Gasteiger partial charge in [-0.15, -0.1) is 22.7 Å². The number of aromatic hydroxyl groups is 2. The van der Waals surface area contributed by atoms with Crippen molar-refractivity contribution in [3.05, 3.63) is 21.9 Å². The van der Waals surface area contributed by atoms with Gasteiger partial charge in [0.1, 0.15) is 11.5 Å². The van der Waals surface area contributed by atoms with Crippen LogP contribution in [0.3, 0.4) is 0 Å². The van der Waals surface area contributed by atoms with Gasteiger partial charge in [-0.25, -0.2) is 0 Å². The molecule has 2 rings (SSSR count). The second-order valence-corrected chi connectivity index (χ2v) is 5.66. The first-order valence-corrected chi connectivity index (χ1v) is 5.80. The number of hydrogen-bond donors (Lipinski definition) is 2. The second kappa shape index (κ2) is 3.29. The molecule has 0 bridgehead atoms. The Morgan fingerprint density at radius 1 is 0.857 bits per heavy atom. The fourth-order valence-corrected chi connectivity index (χ4v) is 3.28. The smallest absolute Gasteiger partial charge is 0.135 e. The maximum absolute atomic E-state index is 9.62. The monoisotopic (exact) mass is 226 g/mol. The van der Waals surface area contributed by atoms with Crippen LogP contribution in [0.1, 0.15) is 9.75 Å². The van der Waals surface area contributed by atoms with Crippen molar-refractivity contribution in [2.75, 3.05) is 0 Å². The molecule has 14 heavy (non-hydrogen) atoms. The lowest BCUT2D eigenvalue weighted by molar-refractivity contribution is 0.472. The van der Waals surface area contributed by atoms with E-state index in [9.17, 15) is 10.2 Å². The van der Waals surface area contributed by atoms with E-state index in [1.807, 2.05) is 13.8 Å². The molecule has 0 atom stereocenters. The predicted molar refractivity (Wildman–Crippen MR) is 60.4 cm³/mol. The standard InChI is InChI=1S/C10H10O2S2/c1-5-3-7(11)9(13-5)10-8(12)4-6(2)14-10/h3-4,11-12H,1-2H3. The molecule has 2 aromatic rings. The van der Waals surface area contributed by atoms with Crippen LogP contribution in [0.15, 0.2) is 12.1 Å². The van der Waals surface area contributed by atoms with E-state index in [1.54, 1.807) is 12.1 Å². The van der Waals surface area contributed by atoms with Gasteiger partial charge in [0.25, 0.3) is 0 Å². The Balaban J connectivity index is 2.59. The lowest BCUT2D eigenvalue weighted by Crippen LogP contribution is -1.64. The SMILES string of the molecule is Cc1cc(O)c(-c2sc(C)cc2O)s1. The fourth-order valence-electron chi connectivity index (χ4n) is 1.33. The molecule has 0 radical (unpaired) electrons. The topological polar surface area (TPSA) is 40.5 Å². The minimum atomic E-state index is 0.254. The zero-order valence-electron chi connectivity index (χ0n) is 7.87. The Hall–Kier alpha value is -1.00. The first-order valence-electron chi connectivity index (χ1n) is 4.17. The van der Waals surface area contributed by atoms with Crippen LogP contribution in [-0.4, -0.2) is 10.2 Å². The molecule has 0 amide bonds. The summed E-state index contributed by atoms with van der Waals surface area (Å²) in [5.74, 6) is 0.509. The van der Waals surface area contributed by atoms with E-state index in [2.05, 4.69) is 0 Å². The number of aryl methyl sites for hydroxylation is 2. The molecule has 2 nitrogen and oxygen atoms in total. The number of rotatable bonds is 1. The normalized spacial score (nSPS) is 10.7. The highest BCUT2D eigenvalue weighted by Crippen LogP contribution is 2.45. The Kier molecular flexibility index (Phi) is 2.25. The number of hydrogen-bond acceptors (Lipinski definition) is 4. The van der Waals surface area contributed by atoms with Crippen molar-refractivity contribution in [2.24, 2.45) is 0 Å². The summed E-state index contributed by atoms with van der Waals surface area (Å²) in [6.07, 6.45) is 0. The second-order valence-electron chi connectivity index (χ2n) is 3.14. The Morgan fingerprint density at radius 3 is 1.43 bits per heavy atom. The third kappa shape index (κ3) is 1.51. The molecule has 0 unspecified atom stereocenters. The van der Waals surface area contributed by atoms with E-state index < -0.39 is 0 Å². The van der Waals surface area contributed by atoms with Gasteiger partial charge in [0.05, 0.1) is 9.75 Å². The molecule has 0 aliphatic carbocycles. The number of thiophene rings is 2. The minimum Gasteiger partial charge on any atom is -0.506 e. The van der Waals surface area contributed by atoms with E-state index in [4.69, 9.17) is 0 Å². The van der Waals surface area contributed by atoms with Crippen LogP contribution in [0, 0.1) is 13.8 Å². The summed E-state index contributed by atoms with van der Waals surface area (Å²) in [4.78, 5) is 3.61. The largest absolute Gasteiger partial charge is 0.506 e. The maximum atomic E-state index is 9.62. The summed E-state index contributed by atoms with van der Waals surface area (Å²) in [6.45, 7) is 3.87. The van der Waals surface area contributed by atoms with Crippen LogP contribution >= 0.6 is 22.7 Å². The molecule has 2 heterocycles. The molecule has 4 heteroatoms. The minimum absolute atomic E-state index is 0.254. The van der Waals surface area contributed by atoms with Crippen molar-refractivity contribution in [1.82, 2.24) is 0 Å². The highest BCUT2D eigenvalue weighted by atomic mass is 32.1. The molecule has 0 saturated heterocycles. The average Bonchev–Trinajstić information content (AvgIpc) is 2.55. The summed E-state index contributed by atoms with van der Waals surface area (Å²) < 4.78 is 0. The molecule has 2 aromatic heterocycles. The van der Waals surface area contributed by atoms with E-state index in [-0.39, 0.29) is 11.5 Å². The molecule has 74 valence electrons. The van der Waals surface area contributed by atoms with Crippen molar-refractivity contribution in [3.8, 4) is 21.3 Å².